The number of sulfone groups is 1. The molecule has 7 heteroatoms. The van der Waals surface area contributed by atoms with Gasteiger partial charge in [0.15, 0.2) is 9.84 Å². The van der Waals surface area contributed by atoms with Gasteiger partial charge >= 0.3 is 5.97 Å². The van der Waals surface area contributed by atoms with Gasteiger partial charge in [-0.15, -0.1) is 0 Å². The molecular formula is C16H23NO5S. The van der Waals surface area contributed by atoms with Crippen LogP contribution in [0.1, 0.15) is 48.2 Å². The molecule has 1 rings (SSSR count). The fourth-order valence-electron chi connectivity index (χ4n) is 2.32. The normalized spacial score (nSPS) is 14.1. The highest BCUT2D eigenvalue weighted by atomic mass is 32.2. The lowest BCUT2D eigenvalue weighted by atomic mass is 9.94. The van der Waals surface area contributed by atoms with Crippen LogP contribution in [0, 0.1) is 13.8 Å². The molecule has 2 N–H and O–H groups in total. The van der Waals surface area contributed by atoms with Gasteiger partial charge in [0.05, 0.1) is 4.90 Å². The van der Waals surface area contributed by atoms with Gasteiger partial charge in [0.1, 0.15) is 5.54 Å². The number of hydrogen-bond acceptors (Lipinski definition) is 4. The second-order valence-corrected chi connectivity index (χ2v) is 8.04. The van der Waals surface area contributed by atoms with Crippen molar-refractivity contribution in [1.29, 1.82) is 0 Å². The molecule has 0 fully saturated rings. The monoisotopic (exact) mass is 341 g/mol. The molecule has 23 heavy (non-hydrogen) atoms. The molecule has 0 aliphatic heterocycles. The van der Waals surface area contributed by atoms with E-state index < -0.39 is 27.3 Å². The van der Waals surface area contributed by atoms with Gasteiger partial charge in [0.2, 0.25) is 0 Å². The summed E-state index contributed by atoms with van der Waals surface area (Å²) in [5.74, 6) is -1.71. The highest BCUT2D eigenvalue weighted by Crippen LogP contribution is 2.21. The largest absolute Gasteiger partial charge is 0.480 e. The van der Waals surface area contributed by atoms with E-state index in [4.69, 9.17) is 0 Å². The molecule has 1 aromatic rings. The highest BCUT2D eigenvalue weighted by Gasteiger charge is 2.34. The number of aliphatic carboxylic acids is 1. The average molecular weight is 341 g/mol. The van der Waals surface area contributed by atoms with E-state index >= 15 is 0 Å². The van der Waals surface area contributed by atoms with E-state index in [1.54, 1.807) is 13.8 Å². The van der Waals surface area contributed by atoms with Crippen LogP contribution in [-0.2, 0) is 14.6 Å². The Morgan fingerprint density at radius 3 is 2.26 bits per heavy atom. The summed E-state index contributed by atoms with van der Waals surface area (Å²) in [6.45, 7) is 6.68. The fourth-order valence-corrected chi connectivity index (χ4v) is 3.04. The van der Waals surface area contributed by atoms with Gasteiger partial charge in [-0.3, -0.25) is 4.79 Å². The van der Waals surface area contributed by atoms with Gasteiger partial charge in [-0.05, 0) is 50.5 Å². The van der Waals surface area contributed by atoms with Crippen molar-refractivity contribution in [3.05, 3.63) is 28.8 Å². The van der Waals surface area contributed by atoms with Crippen molar-refractivity contribution in [1.82, 2.24) is 5.32 Å². The average Bonchev–Trinajstić information content (AvgIpc) is 2.40. The number of carbonyl (C=O) groups is 2. The molecule has 0 aliphatic carbocycles. The van der Waals surface area contributed by atoms with E-state index in [2.05, 4.69) is 5.32 Å². The minimum absolute atomic E-state index is 0.0401. The van der Waals surface area contributed by atoms with Crippen molar-refractivity contribution in [3.8, 4) is 0 Å². The first-order valence-electron chi connectivity index (χ1n) is 7.29. The predicted molar refractivity (Wildman–Crippen MR) is 87.4 cm³/mol. The van der Waals surface area contributed by atoms with Crippen molar-refractivity contribution in [2.75, 3.05) is 6.26 Å². The quantitative estimate of drug-likeness (QED) is 0.825. The van der Waals surface area contributed by atoms with Crippen LogP contribution in [0.3, 0.4) is 0 Å². The summed E-state index contributed by atoms with van der Waals surface area (Å²) in [6.07, 6.45) is 1.93. The minimum atomic E-state index is -3.46. The second-order valence-electron chi connectivity index (χ2n) is 6.03. The molecule has 0 radical (unpaired) electrons. The van der Waals surface area contributed by atoms with Gasteiger partial charge < -0.3 is 10.4 Å². The number of carbonyl (C=O) groups excluding carboxylic acids is 1. The van der Waals surface area contributed by atoms with Crippen LogP contribution >= 0.6 is 0 Å². The van der Waals surface area contributed by atoms with Crippen molar-refractivity contribution < 1.29 is 23.1 Å². The molecule has 0 bridgehead atoms. The molecule has 0 heterocycles. The Bertz CT molecular complexity index is 739. The van der Waals surface area contributed by atoms with E-state index in [1.165, 1.54) is 19.1 Å². The lowest BCUT2D eigenvalue weighted by Crippen LogP contribution is -2.52. The number of benzene rings is 1. The lowest BCUT2D eigenvalue weighted by molar-refractivity contribution is -0.144. The summed E-state index contributed by atoms with van der Waals surface area (Å²) in [4.78, 5) is 24.0. The maximum absolute atomic E-state index is 12.5. The second kappa shape index (κ2) is 6.70. The van der Waals surface area contributed by atoms with Crippen LogP contribution in [0.5, 0.6) is 0 Å². The topological polar surface area (TPSA) is 101 Å². The Labute approximate surface area is 136 Å². The number of carboxylic acid groups (broad SMARTS) is 1. The van der Waals surface area contributed by atoms with Crippen molar-refractivity contribution in [3.63, 3.8) is 0 Å². The van der Waals surface area contributed by atoms with Crippen molar-refractivity contribution in [2.24, 2.45) is 0 Å². The third-order valence-electron chi connectivity index (χ3n) is 3.93. The Morgan fingerprint density at radius 1 is 1.26 bits per heavy atom. The first kappa shape index (κ1) is 19.2. The summed E-state index contributed by atoms with van der Waals surface area (Å²) in [7, 11) is -3.46. The number of aryl methyl sites for hydroxylation is 1. The molecule has 0 saturated heterocycles. The number of rotatable bonds is 6. The van der Waals surface area contributed by atoms with Crippen LogP contribution in [-0.4, -0.2) is 37.2 Å². The molecule has 0 aromatic heterocycles. The van der Waals surface area contributed by atoms with Gasteiger partial charge in [-0.25, -0.2) is 13.2 Å². The third kappa shape index (κ3) is 4.31. The Kier molecular flexibility index (Phi) is 5.58. The predicted octanol–water partition coefficient (Wildman–Crippen LogP) is 2.08. The van der Waals surface area contributed by atoms with Crippen LogP contribution in [0.15, 0.2) is 17.0 Å². The zero-order valence-electron chi connectivity index (χ0n) is 14.1. The van der Waals surface area contributed by atoms with E-state index in [1.807, 2.05) is 6.92 Å². The Morgan fingerprint density at radius 2 is 1.83 bits per heavy atom. The molecule has 0 aliphatic rings. The zero-order chi connectivity index (χ0) is 18.0. The lowest BCUT2D eigenvalue weighted by Gasteiger charge is -2.26. The van der Waals surface area contributed by atoms with Crippen molar-refractivity contribution in [2.45, 2.75) is 51.0 Å². The minimum Gasteiger partial charge on any atom is -0.480 e. The summed E-state index contributed by atoms with van der Waals surface area (Å²) in [5, 5.41) is 11.9. The molecule has 128 valence electrons. The number of amides is 1. The molecule has 6 nitrogen and oxygen atoms in total. The van der Waals surface area contributed by atoms with Crippen LogP contribution in [0.25, 0.3) is 0 Å². The molecule has 0 spiro atoms. The summed E-state index contributed by atoms with van der Waals surface area (Å²) < 4.78 is 23.5. The third-order valence-corrected chi connectivity index (χ3v) is 5.02. The maximum atomic E-state index is 12.5. The number of hydrogen-bond donors (Lipinski definition) is 2. The zero-order valence-corrected chi connectivity index (χ0v) is 14.9. The van der Waals surface area contributed by atoms with Crippen LogP contribution in [0.4, 0.5) is 0 Å². The van der Waals surface area contributed by atoms with Crippen molar-refractivity contribution >= 4 is 21.7 Å². The first-order valence-corrected chi connectivity index (χ1v) is 9.18. The standard InChI is InChI=1S/C16H23NO5S/c1-6-7-16(4,15(19)20)17-14(18)13-9-12(23(5,21)22)8-10(2)11(13)3/h8-9H,6-7H2,1-5H3,(H,17,18)(H,19,20). The molecular weight excluding hydrogens is 318 g/mol. The van der Waals surface area contributed by atoms with E-state index in [-0.39, 0.29) is 16.9 Å². The first-order chi connectivity index (χ1) is 10.4. The summed E-state index contributed by atoms with van der Waals surface area (Å²) in [5.41, 5.74) is 0.0616. The van der Waals surface area contributed by atoms with Gasteiger partial charge in [-0.2, -0.15) is 0 Å². The SMILES string of the molecule is CCCC(C)(NC(=O)c1cc(S(C)(=O)=O)cc(C)c1C)C(=O)O. The molecule has 1 unspecified atom stereocenters. The molecule has 1 amide bonds. The highest BCUT2D eigenvalue weighted by molar-refractivity contribution is 7.90. The Balaban J connectivity index is 3.33. The molecule has 0 saturated carbocycles. The fraction of sp³-hybridized carbons (Fsp3) is 0.500. The smallest absolute Gasteiger partial charge is 0.329 e. The summed E-state index contributed by atoms with van der Waals surface area (Å²) >= 11 is 0. The van der Waals surface area contributed by atoms with E-state index in [0.29, 0.717) is 17.5 Å². The van der Waals surface area contributed by atoms with E-state index in [0.717, 1.165) is 6.26 Å². The van der Waals surface area contributed by atoms with Gasteiger partial charge in [0, 0.05) is 11.8 Å². The number of nitrogens with one attached hydrogen (secondary N) is 1. The van der Waals surface area contributed by atoms with Gasteiger partial charge in [0.25, 0.3) is 5.91 Å². The van der Waals surface area contributed by atoms with E-state index in [9.17, 15) is 23.1 Å². The maximum Gasteiger partial charge on any atom is 0.329 e. The van der Waals surface area contributed by atoms with Crippen LogP contribution < -0.4 is 5.32 Å². The summed E-state index contributed by atoms with van der Waals surface area (Å²) in [6, 6.07) is 2.80. The Hall–Kier alpha value is -1.89. The molecule has 1 aromatic carbocycles. The van der Waals surface area contributed by atoms with Gasteiger partial charge in [-0.1, -0.05) is 13.3 Å². The van der Waals surface area contributed by atoms with Crippen LogP contribution in [0.2, 0.25) is 0 Å². The number of carboxylic acids is 1. The molecule has 1 atom stereocenters.